The van der Waals surface area contributed by atoms with Crippen LogP contribution in [0.25, 0.3) is 0 Å². The molecule has 2 amide bonds. The molecule has 0 radical (unpaired) electrons. The first-order chi connectivity index (χ1) is 20.1. The summed E-state index contributed by atoms with van der Waals surface area (Å²) in [7, 11) is 1.59. The number of hydrogen-bond donors (Lipinski definition) is 2. The summed E-state index contributed by atoms with van der Waals surface area (Å²) in [6.07, 6.45) is 4.01. The van der Waals surface area contributed by atoms with Crippen LogP contribution >= 0.6 is 0 Å². The van der Waals surface area contributed by atoms with E-state index in [-0.39, 0.29) is 5.91 Å². The largest absolute Gasteiger partial charge is 0.474 e. The van der Waals surface area contributed by atoms with Crippen molar-refractivity contribution in [2.45, 2.75) is 46.3 Å². The van der Waals surface area contributed by atoms with Crippen molar-refractivity contribution in [3.05, 3.63) is 59.0 Å². The van der Waals surface area contributed by atoms with E-state index in [1.54, 1.807) is 30.3 Å². The summed E-state index contributed by atoms with van der Waals surface area (Å²) in [6.45, 7) is 10.5. The molecule has 0 saturated heterocycles. The molecule has 0 unspecified atom stereocenters. The summed E-state index contributed by atoms with van der Waals surface area (Å²) < 4.78 is 16.4. The molecule has 0 saturated carbocycles. The first kappa shape index (κ1) is 29.1. The Balaban J connectivity index is 1.31. The number of anilines is 4. The molecule has 2 N–H and O–H groups in total. The molecule has 2 aliphatic heterocycles. The molecule has 0 aliphatic carbocycles. The lowest BCUT2D eigenvalue weighted by Gasteiger charge is -2.35. The van der Waals surface area contributed by atoms with Crippen molar-refractivity contribution in [1.82, 2.24) is 20.3 Å². The molecule has 1 aromatic carbocycles. The number of pyridine rings is 1. The predicted octanol–water partition coefficient (Wildman–Crippen LogP) is 4.00. The van der Waals surface area contributed by atoms with Crippen molar-refractivity contribution in [3.8, 4) is 5.88 Å². The summed E-state index contributed by atoms with van der Waals surface area (Å²) in [5, 5.41) is 6.04. The predicted molar refractivity (Wildman–Crippen MR) is 159 cm³/mol. The number of carbonyl (C=O) groups is 2. The van der Waals surface area contributed by atoms with Crippen molar-refractivity contribution in [2.75, 3.05) is 55.1 Å². The van der Waals surface area contributed by atoms with Crippen LogP contribution in [0.4, 0.5) is 27.8 Å². The molecule has 0 atom stereocenters. The number of nitrogens with zero attached hydrogens (tertiary/aromatic N) is 5. The van der Waals surface area contributed by atoms with Gasteiger partial charge in [-0.05, 0) is 63.9 Å². The number of rotatable bonds is 7. The zero-order valence-electron chi connectivity index (χ0n) is 24.7. The summed E-state index contributed by atoms with van der Waals surface area (Å²) in [5.41, 5.74) is 5.15. The van der Waals surface area contributed by atoms with Gasteiger partial charge >= 0.3 is 6.09 Å². The van der Waals surface area contributed by atoms with Gasteiger partial charge in [0.2, 0.25) is 11.8 Å². The highest BCUT2D eigenvalue weighted by Gasteiger charge is 2.32. The fraction of sp³-hybridized carbons (Fsp3) is 0.433. The average molecular weight is 576 g/mol. The first-order valence-corrected chi connectivity index (χ1v) is 14.0. The van der Waals surface area contributed by atoms with Crippen molar-refractivity contribution >= 4 is 35.0 Å². The number of benzene rings is 1. The van der Waals surface area contributed by atoms with Crippen LogP contribution in [0.15, 0.2) is 36.7 Å². The summed E-state index contributed by atoms with van der Waals surface area (Å²) in [6, 6.07) is 7.14. The SMILES string of the molecule is COCCNC(=O)c1ccc(Nc2ncc3c(n2)CN(c2cnc4c(c2C)N(C(=O)OC(C)(C)C)CCO4)CC3)cc1. The van der Waals surface area contributed by atoms with E-state index < -0.39 is 11.7 Å². The second kappa shape index (κ2) is 12.2. The van der Waals surface area contributed by atoms with E-state index in [4.69, 9.17) is 19.2 Å². The molecular formula is C30H37N7O5. The van der Waals surface area contributed by atoms with Gasteiger partial charge < -0.3 is 29.7 Å². The molecule has 4 heterocycles. The van der Waals surface area contributed by atoms with Gasteiger partial charge in [-0.2, -0.15) is 0 Å². The van der Waals surface area contributed by atoms with E-state index in [0.29, 0.717) is 55.9 Å². The van der Waals surface area contributed by atoms with E-state index in [1.165, 1.54) is 0 Å². The van der Waals surface area contributed by atoms with Crippen molar-refractivity contribution < 1.29 is 23.8 Å². The van der Waals surface area contributed by atoms with Crippen LogP contribution in [0.1, 0.15) is 48.0 Å². The Kier molecular flexibility index (Phi) is 8.44. The summed E-state index contributed by atoms with van der Waals surface area (Å²) >= 11 is 0. The smallest absolute Gasteiger partial charge is 0.415 e. The van der Waals surface area contributed by atoms with Gasteiger partial charge in [-0.3, -0.25) is 9.69 Å². The molecule has 2 aliphatic rings. The Morgan fingerprint density at radius 2 is 1.88 bits per heavy atom. The molecule has 0 bridgehead atoms. The van der Waals surface area contributed by atoms with Crippen LogP contribution in [0.3, 0.4) is 0 Å². The van der Waals surface area contributed by atoms with Crippen molar-refractivity contribution in [1.29, 1.82) is 0 Å². The Morgan fingerprint density at radius 1 is 1.10 bits per heavy atom. The highest BCUT2D eigenvalue weighted by atomic mass is 16.6. The number of aromatic nitrogens is 3. The van der Waals surface area contributed by atoms with Gasteiger partial charge in [-0.15, -0.1) is 0 Å². The monoisotopic (exact) mass is 575 g/mol. The number of amides is 2. The molecule has 42 heavy (non-hydrogen) atoms. The maximum atomic E-state index is 13.0. The molecular weight excluding hydrogens is 538 g/mol. The highest BCUT2D eigenvalue weighted by Crippen LogP contribution is 2.39. The number of ether oxygens (including phenoxy) is 3. The van der Waals surface area contributed by atoms with E-state index in [0.717, 1.165) is 41.2 Å². The molecule has 222 valence electrons. The van der Waals surface area contributed by atoms with Gasteiger partial charge in [0.05, 0.1) is 37.3 Å². The minimum Gasteiger partial charge on any atom is -0.474 e. The average Bonchev–Trinajstić information content (AvgIpc) is 2.96. The standard InChI is InChI=1S/C30H37N7O5/c1-19-24(17-32-27-25(19)37(13-15-41-27)29(39)42-30(2,3)4)36-12-10-21-16-33-28(35-23(21)18-36)34-22-8-6-20(7-9-22)26(38)31-11-14-40-5/h6-9,16-17H,10-15,18H2,1-5H3,(H,31,38)(H,33,34,35). The lowest BCUT2D eigenvalue weighted by Crippen LogP contribution is -2.42. The molecule has 5 rings (SSSR count). The Morgan fingerprint density at radius 3 is 2.62 bits per heavy atom. The van der Waals surface area contributed by atoms with Crippen LogP contribution < -0.4 is 25.2 Å². The number of methoxy groups -OCH3 is 1. The van der Waals surface area contributed by atoms with Gasteiger partial charge in [0.15, 0.2) is 0 Å². The van der Waals surface area contributed by atoms with Gasteiger partial charge in [-0.25, -0.2) is 19.7 Å². The quantitative estimate of drug-likeness (QED) is 0.399. The van der Waals surface area contributed by atoms with E-state index in [1.807, 2.05) is 46.0 Å². The van der Waals surface area contributed by atoms with E-state index in [2.05, 4.69) is 25.5 Å². The van der Waals surface area contributed by atoms with Crippen LogP contribution in [0.5, 0.6) is 5.88 Å². The number of carbonyl (C=O) groups excluding carboxylic acids is 2. The van der Waals surface area contributed by atoms with Crippen LogP contribution in [0, 0.1) is 6.92 Å². The summed E-state index contributed by atoms with van der Waals surface area (Å²) in [4.78, 5) is 43.0. The maximum Gasteiger partial charge on any atom is 0.415 e. The lowest BCUT2D eigenvalue weighted by atomic mass is 10.0. The maximum absolute atomic E-state index is 13.0. The van der Waals surface area contributed by atoms with Gasteiger partial charge in [0, 0.05) is 43.2 Å². The molecule has 3 aromatic rings. The van der Waals surface area contributed by atoms with E-state index in [9.17, 15) is 9.59 Å². The summed E-state index contributed by atoms with van der Waals surface area (Å²) in [5.74, 6) is 0.743. The molecule has 12 heteroatoms. The Bertz CT molecular complexity index is 1460. The Labute approximate surface area is 245 Å². The third kappa shape index (κ3) is 6.54. The van der Waals surface area contributed by atoms with Gasteiger partial charge in [0.25, 0.3) is 5.91 Å². The van der Waals surface area contributed by atoms with E-state index >= 15 is 0 Å². The highest BCUT2D eigenvalue weighted by molar-refractivity contribution is 5.94. The minimum atomic E-state index is -0.614. The lowest BCUT2D eigenvalue weighted by molar-refractivity contribution is 0.0566. The molecule has 12 nitrogen and oxygen atoms in total. The minimum absolute atomic E-state index is 0.156. The third-order valence-electron chi connectivity index (χ3n) is 6.97. The first-order valence-electron chi connectivity index (χ1n) is 14.0. The van der Waals surface area contributed by atoms with Crippen LogP contribution in [0.2, 0.25) is 0 Å². The van der Waals surface area contributed by atoms with Crippen LogP contribution in [-0.4, -0.2) is 72.5 Å². The van der Waals surface area contributed by atoms with Crippen molar-refractivity contribution in [2.24, 2.45) is 0 Å². The normalized spacial score (nSPS) is 14.4. The zero-order valence-corrected chi connectivity index (χ0v) is 24.7. The molecule has 0 spiro atoms. The number of fused-ring (bicyclic) bond motifs is 2. The third-order valence-corrected chi connectivity index (χ3v) is 6.97. The fourth-order valence-electron chi connectivity index (χ4n) is 4.92. The Hall–Kier alpha value is -4.45. The second-order valence-electron chi connectivity index (χ2n) is 11.2. The zero-order chi connectivity index (χ0) is 29.9. The van der Waals surface area contributed by atoms with Crippen LogP contribution in [-0.2, 0) is 22.4 Å². The van der Waals surface area contributed by atoms with Crippen molar-refractivity contribution in [3.63, 3.8) is 0 Å². The molecule has 2 aromatic heterocycles. The van der Waals surface area contributed by atoms with Gasteiger partial charge in [-0.1, -0.05) is 0 Å². The fourth-order valence-corrected chi connectivity index (χ4v) is 4.92. The second-order valence-corrected chi connectivity index (χ2v) is 11.2. The molecule has 0 fully saturated rings. The number of nitrogens with one attached hydrogen (secondary N) is 2. The van der Waals surface area contributed by atoms with Gasteiger partial charge in [0.1, 0.15) is 17.9 Å². The number of hydrogen-bond acceptors (Lipinski definition) is 10. The topological polar surface area (TPSA) is 131 Å².